The summed E-state index contributed by atoms with van der Waals surface area (Å²) in [5.41, 5.74) is 0.245. The van der Waals surface area contributed by atoms with Gasteiger partial charge in [0.05, 0.1) is 0 Å². The number of rotatable bonds is 2. The van der Waals surface area contributed by atoms with E-state index in [4.69, 9.17) is 5.11 Å². The van der Waals surface area contributed by atoms with Crippen LogP contribution >= 0.6 is 0 Å². The third-order valence-corrected chi connectivity index (χ3v) is 3.80. The highest BCUT2D eigenvalue weighted by molar-refractivity contribution is 5.67. The SMILES string of the molecule is CC1CCC(CC(=O)O)C(C(C)(C)C)C1. The van der Waals surface area contributed by atoms with Gasteiger partial charge in [-0.1, -0.05) is 34.1 Å². The standard InChI is InChI=1S/C13H24O2/c1-9-5-6-10(8-12(14)15)11(7-9)13(2,3)4/h9-11H,5-8H2,1-4H3,(H,14,15). The van der Waals surface area contributed by atoms with Gasteiger partial charge < -0.3 is 5.11 Å². The summed E-state index contributed by atoms with van der Waals surface area (Å²) in [4.78, 5) is 10.8. The first-order valence-corrected chi connectivity index (χ1v) is 6.02. The Labute approximate surface area is 93.1 Å². The van der Waals surface area contributed by atoms with Crippen LogP contribution in [0.5, 0.6) is 0 Å². The zero-order chi connectivity index (χ0) is 11.6. The van der Waals surface area contributed by atoms with E-state index < -0.39 is 5.97 Å². The quantitative estimate of drug-likeness (QED) is 0.760. The van der Waals surface area contributed by atoms with E-state index in [0.717, 1.165) is 12.3 Å². The summed E-state index contributed by atoms with van der Waals surface area (Å²) in [6.07, 6.45) is 3.84. The lowest BCUT2D eigenvalue weighted by molar-refractivity contribution is -0.139. The third-order valence-electron chi connectivity index (χ3n) is 3.80. The first kappa shape index (κ1) is 12.5. The number of carbonyl (C=O) groups is 1. The molecule has 1 N–H and O–H groups in total. The maximum atomic E-state index is 10.8. The summed E-state index contributed by atoms with van der Waals surface area (Å²) in [6, 6.07) is 0. The fourth-order valence-corrected chi connectivity index (χ4v) is 2.97. The molecule has 0 bridgehead atoms. The minimum atomic E-state index is -0.635. The molecule has 0 aromatic carbocycles. The van der Waals surface area contributed by atoms with Gasteiger partial charge in [0.15, 0.2) is 0 Å². The van der Waals surface area contributed by atoms with E-state index in [1.165, 1.54) is 12.8 Å². The van der Waals surface area contributed by atoms with Gasteiger partial charge in [0.25, 0.3) is 0 Å². The van der Waals surface area contributed by atoms with Crippen LogP contribution in [0.15, 0.2) is 0 Å². The van der Waals surface area contributed by atoms with Gasteiger partial charge in [0, 0.05) is 6.42 Å². The number of aliphatic carboxylic acids is 1. The van der Waals surface area contributed by atoms with E-state index in [0.29, 0.717) is 18.3 Å². The van der Waals surface area contributed by atoms with Crippen molar-refractivity contribution in [3.8, 4) is 0 Å². The first-order valence-electron chi connectivity index (χ1n) is 6.02. The predicted molar refractivity (Wildman–Crippen MR) is 61.7 cm³/mol. The van der Waals surface area contributed by atoms with E-state index in [2.05, 4.69) is 27.7 Å². The maximum absolute atomic E-state index is 10.8. The summed E-state index contributed by atoms with van der Waals surface area (Å²) < 4.78 is 0. The zero-order valence-corrected chi connectivity index (χ0v) is 10.4. The molecule has 15 heavy (non-hydrogen) atoms. The van der Waals surface area contributed by atoms with Crippen LogP contribution in [0.3, 0.4) is 0 Å². The van der Waals surface area contributed by atoms with Crippen LogP contribution in [0.4, 0.5) is 0 Å². The van der Waals surface area contributed by atoms with Crippen molar-refractivity contribution in [1.29, 1.82) is 0 Å². The molecule has 0 aliphatic heterocycles. The first-order chi connectivity index (χ1) is 6.80. The molecule has 1 aliphatic carbocycles. The van der Waals surface area contributed by atoms with Crippen molar-refractivity contribution in [2.75, 3.05) is 0 Å². The molecule has 0 spiro atoms. The van der Waals surface area contributed by atoms with Crippen molar-refractivity contribution in [3.63, 3.8) is 0 Å². The van der Waals surface area contributed by atoms with Crippen LogP contribution in [-0.4, -0.2) is 11.1 Å². The van der Waals surface area contributed by atoms with Gasteiger partial charge in [0.2, 0.25) is 0 Å². The van der Waals surface area contributed by atoms with Gasteiger partial charge >= 0.3 is 5.97 Å². The van der Waals surface area contributed by atoms with E-state index in [1.54, 1.807) is 0 Å². The highest BCUT2D eigenvalue weighted by Crippen LogP contribution is 2.45. The predicted octanol–water partition coefficient (Wildman–Crippen LogP) is 3.56. The fraction of sp³-hybridized carbons (Fsp3) is 0.923. The van der Waals surface area contributed by atoms with Gasteiger partial charge in [-0.15, -0.1) is 0 Å². The molecular formula is C13H24O2. The smallest absolute Gasteiger partial charge is 0.303 e. The topological polar surface area (TPSA) is 37.3 Å². The Morgan fingerprint density at radius 3 is 2.40 bits per heavy atom. The van der Waals surface area contributed by atoms with Crippen LogP contribution in [-0.2, 0) is 4.79 Å². The van der Waals surface area contributed by atoms with E-state index in [1.807, 2.05) is 0 Å². The molecule has 1 aliphatic rings. The number of carboxylic acids is 1. The zero-order valence-electron chi connectivity index (χ0n) is 10.4. The molecule has 2 nitrogen and oxygen atoms in total. The van der Waals surface area contributed by atoms with E-state index >= 15 is 0 Å². The molecule has 2 heteroatoms. The molecule has 88 valence electrons. The van der Waals surface area contributed by atoms with Crippen molar-refractivity contribution >= 4 is 5.97 Å². The monoisotopic (exact) mass is 212 g/mol. The van der Waals surface area contributed by atoms with Crippen molar-refractivity contribution in [2.45, 2.75) is 53.4 Å². The summed E-state index contributed by atoms with van der Waals surface area (Å²) in [5, 5.41) is 8.92. The lowest BCUT2D eigenvalue weighted by atomic mass is 9.63. The Hall–Kier alpha value is -0.530. The van der Waals surface area contributed by atoms with Gasteiger partial charge in [-0.05, 0) is 36.0 Å². The van der Waals surface area contributed by atoms with E-state index in [9.17, 15) is 4.79 Å². The van der Waals surface area contributed by atoms with Gasteiger partial charge in [0.1, 0.15) is 0 Å². The van der Waals surface area contributed by atoms with Crippen LogP contribution in [0.1, 0.15) is 53.4 Å². The van der Waals surface area contributed by atoms with Crippen molar-refractivity contribution in [1.82, 2.24) is 0 Å². The number of hydrogen-bond donors (Lipinski definition) is 1. The number of hydrogen-bond acceptors (Lipinski definition) is 1. The summed E-state index contributed by atoms with van der Waals surface area (Å²) in [7, 11) is 0. The molecule has 0 saturated heterocycles. The van der Waals surface area contributed by atoms with Crippen LogP contribution < -0.4 is 0 Å². The molecule has 0 aromatic rings. The molecule has 3 atom stereocenters. The molecule has 1 rings (SSSR count). The molecule has 1 saturated carbocycles. The van der Waals surface area contributed by atoms with E-state index in [-0.39, 0.29) is 5.41 Å². The second-order valence-corrected chi connectivity index (χ2v) is 6.25. The molecule has 1 fully saturated rings. The lowest BCUT2D eigenvalue weighted by Crippen LogP contribution is -2.34. The Morgan fingerprint density at radius 2 is 1.93 bits per heavy atom. The highest BCUT2D eigenvalue weighted by atomic mass is 16.4. The molecule has 0 aromatic heterocycles. The Morgan fingerprint density at radius 1 is 1.33 bits per heavy atom. The number of carboxylic acid groups (broad SMARTS) is 1. The Balaban J connectivity index is 2.71. The summed E-state index contributed by atoms with van der Waals surface area (Å²) >= 11 is 0. The Bertz CT molecular complexity index is 227. The lowest BCUT2D eigenvalue weighted by Gasteiger charge is -2.42. The van der Waals surface area contributed by atoms with Crippen molar-refractivity contribution < 1.29 is 9.90 Å². The summed E-state index contributed by atoms with van der Waals surface area (Å²) in [5.74, 6) is 1.08. The molecule has 3 unspecified atom stereocenters. The second-order valence-electron chi connectivity index (χ2n) is 6.25. The fourth-order valence-electron chi connectivity index (χ4n) is 2.97. The average Bonchev–Trinajstić information content (AvgIpc) is 2.05. The van der Waals surface area contributed by atoms with Crippen LogP contribution in [0, 0.1) is 23.2 Å². The minimum Gasteiger partial charge on any atom is -0.481 e. The average molecular weight is 212 g/mol. The summed E-state index contributed by atoms with van der Waals surface area (Å²) in [6.45, 7) is 9.01. The van der Waals surface area contributed by atoms with Crippen molar-refractivity contribution in [3.05, 3.63) is 0 Å². The molecule has 0 amide bonds. The maximum Gasteiger partial charge on any atom is 0.303 e. The highest BCUT2D eigenvalue weighted by Gasteiger charge is 2.37. The third kappa shape index (κ3) is 3.51. The molecular weight excluding hydrogens is 188 g/mol. The largest absolute Gasteiger partial charge is 0.481 e. The molecule has 0 heterocycles. The van der Waals surface area contributed by atoms with Gasteiger partial charge in [-0.25, -0.2) is 0 Å². The van der Waals surface area contributed by atoms with Crippen molar-refractivity contribution in [2.24, 2.45) is 23.2 Å². The van der Waals surface area contributed by atoms with Gasteiger partial charge in [-0.2, -0.15) is 0 Å². The van der Waals surface area contributed by atoms with Crippen LogP contribution in [0.2, 0.25) is 0 Å². The van der Waals surface area contributed by atoms with Crippen LogP contribution in [0.25, 0.3) is 0 Å². The normalized spacial score (nSPS) is 32.7. The Kier molecular flexibility index (Phi) is 3.80. The second kappa shape index (κ2) is 4.54. The minimum absolute atomic E-state index is 0.245. The van der Waals surface area contributed by atoms with Gasteiger partial charge in [-0.3, -0.25) is 4.79 Å². The molecule has 0 radical (unpaired) electrons.